The molecule has 0 radical (unpaired) electrons. The van der Waals surface area contributed by atoms with Crippen molar-refractivity contribution in [1.82, 2.24) is 10.2 Å². The van der Waals surface area contributed by atoms with Gasteiger partial charge in [-0.15, -0.1) is 0 Å². The minimum atomic E-state index is -0.660. The van der Waals surface area contributed by atoms with Crippen LogP contribution in [0.5, 0.6) is 11.5 Å². The van der Waals surface area contributed by atoms with Gasteiger partial charge in [0.2, 0.25) is 5.96 Å². The van der Waals surface area contributed by atoms with E-state index in [1.54, 1.807) is 18.1 Å². The number of aliphatic hydroxyl groups excluding tert-OH is 1. The molecule has 0 bridgehead atoms. The molecule has 0 saturated carbocycles. The maximum atomic E-state index is 11.9. The van der Waals surface area contributed by atoms with Gasteiger partial charge in [-0.3, -0.25) is 14.9 Å². The number of methoxy groups -OCH3 is 1. The number of fused-ring (bicyclic) bond motifs is 2. The molecule has 1 fully saturated rings. The van der Waals surface area contributed by atoms with Gasteiger partial charge in [-0.2, -0.15) is 0 Å². The summed E-state index contributed by atoms with van der Waals surface area (Å²) in [5.74, 6) is 1.02. The van der Waals surface area contributed by atoms with Gasteiger partial charge in [-0.25, -0.2) is 4.99 Å². The van der Waals surface area contributed by atoms with Gasteiger partial charge >= 0.3 is 5.97 Å². The lowest BCUT2D eigenvalue weighted by atomic mass is 10.1. The monoisotopic (exact) mass is 377 g/mol. The van der Waals surface area contributed by atoms with E-state index in [9.17, 15) is 14.7 Å². The predicted molar refractivity (Wildman–Crippen MR) is 96.0 cm³/mol. The van der Waals surface area contributed by atoms with Crippen LogP contribution in [0.15, 0.2) is 17.1 Å². The Morgan fingerprint density at radius 1 is 1.37 bits per heavy atom. The van der Waals surface area contributed by atoms with E-state index < -0.39 is 6.04 Å². The number of amides is 1. The van der Waals surface area contributed by atoms with E-state index in [4.69, 9.17) is 14.2 Å². The van der Waals surface area contributed by atoms with Crippen LogP contribution in [0.4, 0.5) is 5.69 Å². The second-order valence-corrected chi connectivity index (χ2v) is 6.24. The molecular formula is C18H23N3O6. The summed E-state index contributed by atoms with van der Waals surface area (Å²) in [5.41, 5.74) is 1.49. The Kier molecular flexibility index (Phi) is 5.80. The lowest BCUT2D eigenvalue weighted by Crippen LogP contribution is -2.39. The SMILES string of the molecule is COc1c(OCCCCOC(C)=O)ccc2c1CN1C(=N2)NC(=O)C1CO. The van der Waals surface area contributed by atoms with E-state index in [0.29, 0.717) is 49.3 Å². The van der Waals surface area contributed by atoms with Crippen molar-refractivity contribution in [2.45, 2.75) is 32.4 Å². The largest absolute Gasteiger partial charge is 0.492 e. The predicted octanol–water partition coefficient (Wildman–Crippen LogP) is 0.711. The number of nitrogens with one attached hydrogen (secondary N) is 1. The van der Waals surface area contributed by atoms with Crippen LogP contribution < -0.4 is 14.8 Å². The van der Waals surface area contributed by atoms with Gasteiger partial charge in [-0.1, -0.05) is 0 Å². The van der Waals surface area contributed by atoms with Crippen molar-refractivity contribution in [3.63, 3.8) is 0 Å². The Morgan fingerprint density at radius 3 is 2.85 bits per heavy atom. The molecule has 0 aliphatic carbocycles. The van der Waals surface area contributed by atoms with Gasteiger partial charge < -0.3 is 24.2 Å². The van der Waals surface area contributed by atoms with Crippen molar-refractivity contribution in [3.05, 3.63) is 17.7 Å². The zero-order valence-electron chi connectivity index (χ0n) is 15.4. The van der Waals surface area contributed by atoms with Crippen LogP contribution in [0, 0.1) is 0 Å². The number of aliphatic hydroxyl groups is 1. The second kappa shape index (κ2) is 8.26. The fourth-order valence-electron chi connectivity index (χ4n) is 3.09. The molecule has 9 nitrogen and oxygen atoms in total. The Labute approximate surface area is 156 Å². The van der Waals surface area contributed by atoms with E-state index in [1.807, 2.05) is 6.07 Å². The van der Waals surface area contributed by atoms with E-state index in [2.05, 4.69) is 10.3 Å². The molecule has 1 aromatic rings. The molecule has 3 rings (SSSR count). The number of hydrogen-bond acceptors (Lipinski definition) is 8. The summed E-state index contributed by atoms with van der Waals surface area (Å²) in [7, 11) is 1.55. The normalized spacial score (nSPS) is 17.6. The standard InChI is InChI=1S/C18H23N3O6/c1-11(23)26-7-3-4-8-27-15-6-5-13-12(16(15)25-2)9-21-14(10-22)17(24)20-18(21)19-13/h5-6,14,22H,3-4,7-10H2,1-2H3,(H,19,20,24). The number of ether oxygens (including phenoxy) is 3. The number of guanidine groups is 1. The van der Waals surface area contributed by atoms with Gasteiger partial charge in [0.25, 0.3) is 5.91 Å². The lowest BCUT2D eigenvalue weighted by molar-refractivity contribution is -0.141. The highest BCUT2D eigenvalue weighted by atomic mass is 16.5. The highest BCUT2D eigenvalue weighted by molar-refractivity contribution is 6.08. The van der Waals surface area contributed by atoms with Gasteiger partial charge in [0, 0.05) is 12.5 Å². The van der Waals surface area contributed by atoms with Gasteiger partial charge in [0.15, 0.2) is 11.5 Å². The quantitative estimate of drug-likeness (QED) is 0.507. The van der Waals surface area contributed by atoms with Crippen molar-refractivity contribution in [2.24, 2.45) is 4.99 Å². The minimum Gasteiger partial charge on any atom is -0.492 e. The van der Waals surface area contributed by atoms with Gasteiger partial charge in [-0.05, 0) is 25.0 Å². The van der Waals surface area contributed by atoms with Crippen LogP contribution >= 0.6 is 0 Å². The third-order valence-corrected chi connectivity index (χ3v) is 4.42. The molecule has 2 aliphatic heterocycles. The fourth-order valence-corrected chi connectivity index (χ4v) is 3.09. The van der Waals surface area contributed by atoms with Crippen LogP contribution in [0.1, 0.15) is 25.3 Å². The van der Waals surface area contributed by atoms with Crippen LogP contribution in [0.3, 0.4) is 0 Å². The number of unbranched alkanes of at least 4 members (excludes halogenated alkanes) is 1. The summed E-state index contributed by atoms with van der Waals surface area (Å²) in [6, 6.07) is 2.94. The van der Waals surface area contributed by atoms with Crippen molar-refractivity contribution in [2.75, 3.05) is 26.9 Å². The summed E-state index contributed by atoms with van der Waals surface area (Å²) in [6.45, 7) is 2.29. The topological polar surface area (TPSA) is 110 Å². The molecule has 2 N–H and O–H groups in total. The molecule has 1 atom stereocenters. The number of carbonyl (C=O) groups excluding carboxylic acids is 2. The number of esters is 1. The molecule has 0 aromatic heterocycles. The first-order valence-corrected chi connectivity index (χ1v) is 8.78. The Morgan fingerprint density at radius 2 is 2.15 bits per heavy atom. The molecule has 1 saturated heterocycles. The summed E-state index contributed by atoms with van der Waals surface area (Å²) in [6.07, 6.45) is 1.44. The molecule has 146 valence electrons. The van der Waals surface area contributed by atoms with E-state index in [1.165, 1.54) is 6.92 Å². The molecule has 2 heterocycles. The highest BCUT2D eigenvalue weighted by Gasteiger charge is 2.39. The van der Waals surface area contributed by atoms with Crippen LogP contribution in [-0.4, -0.2) is 60.8 Å². The number of aliphatic imine (C=N–C) groups is 1. The lowest BCUT2D eigenvalue weighted by Gasteiger charge is -2.28. The van der Waals surface area contributed by atoms with Crippen molar-refractivity contribution < 1.29 is 28.9 Å². The Bertz CT molecular complexity index is 764. The smallest absolute Gasteiger partial charge is 0.302 e. The summed E-state index contributed by atoms with van der Waals surface area (Å²) in [5, 5.41) is 12.2. The molecular weight excluding hydrogens is 354 g/mol. The first-order valence-electron chi connectivity index (χ1n) is 8.78. The molecule has 27 heavy (non-hydrogen) atoms. The average molecular weight is 377 g/mol. The number of hydrogen-bond donors (Lipinski definition) is 2. The molecule has 1 unspecified atom stereocenters. The number of rotatable bonds is 8. The second-order valence-electron chi connectivity index (χ2n) is 6.24. The fraction of sp³-hybridized carbons (Fsp3) is 0.500. The number of nitrogens with zero attached hydrogens (tertiary/aromatic N) is 2. The van der Waals surface area contributed by atoms with Crippen LogP contribution in [0.2, 0.25) is 0 Å². The first kappa shape index (κ1) is 19.0. The first-order chi connectivity index (χ1) is 13.0. The third kappa shape index (κ3) is 3.97. The highest BCUT2D eigenvalue weighted by Crippen LogP contribution is 2.41. The summed E-state index contributed by atoms with van der Waals surface area (Å²) in [4.78, 5) is 28.8. The van der Waals surface area contributed by atoms with E-state index >= 15 is 0 Å². The van der Waals surface area contributed by atoms with E-state index in [0.717, 1.165) is 12.0 Å². The molecule has 9 heteroatoms. The van der Waals surface area contributed by atoms with Crippen molar-refractivity contribution in [1.29, 1.82) is 0 Å². The Hall–Kier alpha value is -2.81. The van der Waals surface area contributed by atoms with Crippen molar-refractivity contribution in [3.8, 4) is 11.5 Å². The zero-order valence-corrected chi connectivity index (χ0v) is 15.4. The molecule has 1 aromatic carbocycles. The summed E-state index contributed by atoms with van der Waals surface area (Å²) >= 11 is 0. The molecule has 1 amide bonds. The Balaban J connectivity index is 1.69. The summed E-state index contributed by atoms with van der Waals surface area (Å²) < 4.78 is 16.3. The maximum absolute atomic E-state index is 11.9. The van der Waals surface area contributed by atoms with Crippen LogP contribution in [-0.2, 0) is 20.9 Å². The molecule has 0 spiro atoms. The minimum absolute atomic E-state index is 0.271. The van der Waals surface area contributed by atoms with E-state index in [-0.39, 0.29) is 18.5 Å². The van der Waals surface area contributed by atoms with Crippen LogP contribution in [0.25, 0.3) is 0 Å². The van der Waals surface area contributed by atoms with Gasteiger partial charge in [0.1, 0.15) is 6.04 Å². The zero-order chi connectivity index (χ0) is 19.4. The molecule has 2 aliphatic rings. The maximum Gasteiger partial charge on any atom is 0.302 e. The number of carbonyl (C=O) groups is 2. The third-order valence-electron chi connectivity index (χ3n) is 4.42. The van der Waals surface area contributed by atoms with Crippen molar-refractivity contribution >= 4 is 23.5 Å². The van der Waals surface area contributed by atoms with Gasteiger partial charge in [0.05, 0.1) is 39.2 Å². The average Bonchev–Trinajstić information content (AvgIpc) is 2.96. The number of benzene rings is 1.